The first-order valence-corrected chi connectivity index (χ1v) is 14.3. The number of aliphatic hydroxyl groups is 1. The van der Waals surface area contributed by atoms with Crippen LogP contribution in [0.5, 0.6) is 0 Å². The third-order valence-electron chi connectivity index (χ3n) is 8.43. The highest BCUT2D eigenvalue weighted by Crippen LogP contribution is 2.61. The molecule has 1 spiro atoms. The lowest BCUT2D eigenvalue weighted by Gasteiger charge is -2.38. The summed E-state index contributed by atoms with van der Waals surface area (Å²) in [6.07, 6.45) is 8.11. The summed E-state index contributed by atoms with van der Waals surface area (Å²) < 4.78 is 4.51. The Labute approximate surface area is 232 Å². The standard InChI is InChI=1S/C31H32N2O5S/c1-19-11-12-20(2)23(16-19)32-14-7-13-31-26(25-24(39-31)10-6-15-38-30(25)37)28(35)33(27(31)29(32)36)22(18-34)17-21-8-4-3-5-9-21/h3-13,16,22,24-27,34H,14-15,17-18H2,1-2H3/t22-,24+,25-,26+,27?,31+/m1/s1. The number of benzene rings is 2. The zero-order chi connectivity index (χ0) is 27.3. The largest absolute Gasteiger partial charge is 0.461 e. The minimum Gasteiger partial charge on any atom is -0.461 e. The monoisotopic (exact) mass is 544 g/mol. The molecule has 2 aromatic carbocycles. The second-order valence-electron chi connectivity index (χ2n) is 10.8. The van der Waals surface area contributed by atoms with Gasteiger partial charge in [-0.25, -0.2) is 0 Å². The maximum Gasteiger partial charge on any atom is 0.311 e. The Kier molecular flexibility index (Phi) is 6.63. The number of carbonyl (C=O) groups is 3. The normalized spacial score (nSPS) is 30.4. The number of carbonyl (C=O) groups excluding carboxylic acids is 3. The number of ether oxygens (including phenoxy) is 1. The van der Waals surface area contributed by atoms with Crippen LogP contribution in [0.3, 0.4) is 0 Å². The molecule has 1 N–H and O–H groups in total. The number of esters is 1. The van der Waals surface area contributed by atoms with Crippen LogP contribution < -0.4 is 4.90 Å². The zero-order valence-corrected chi connectivity index (χ0v) is 22.8. The van der Waals surface area contributed by atoms with E-state index in [1.807, 2.05) is 86.7 Å². The van der Waals surface area contributed by atoms with Crippen molar-refractivity contribution in [2.45, 2.75) is 42.3 Å². The van der Waals surface area contributed by atoms with E-state index in [1.54, 1.807) is 9.80 Å². The summed E-state index contributed by atoms with van der Waals surface area (Å²) in [5.41, 5.74) is 3.76. The Bertz CT molecular complexity index is 1370. The van der Waals surface area contributed by atoms with Crippen molar-refractivity contribution >= 4 is 35.2 Å². The molecule has 39 heavy (non-hydrogen) atoms. The number of cyclic esters (lactones) is 1. The summed E-state index contributed by atoms with van der Waals surface area (Å²) in [7, 11) is 0. The summed E-state index contributed by atoms with van der Waals surface area (Å²) >= 11 is 1.51. The SMILES string of the molecule is Cc1ccc(C)c(N2CC=C[C@]34S[C@H]5C=CCOC(=O)[C@H]5[C@H]3C(=O)N([C@@H](CO)Cc3ccccc3)C4C2=O)c1. The summed E-state index contributed by atoms with van der Waals surface area (Å²) in [4.78, 5) is 45.7. The van der Waals surface area contributed by atoms with Crippen LogP contribution >= 0.6 is 11.8 Å². The van der Waals surface area contributed by atoms with Crippen LogP contribution in [-0.4, -0.2) is 69.6 Å². The van der Waals surface area contributed by atoms with Crippen molar-refractivity contribution in [3.05, 3.63) is 89.5 Å². The van der Waals surface area contributed by atoms with Crippen molar-refractivity contribution < 1.29 is 24.2 Å². The maximum atomic E-state index is 14.7. The maximum absolute atomic E-state index is 14.7. The molecule has 2 aromatic rings. The van der Waals surface area contributed by atoms with Crippen molar-refractivity contribution in [2.24, 2.45) is 11.8 Å². The molecule has 8 heteroatoms. The molecule has 0 radical (unpaired) electrons. The van der Waals surface area contributed by atoms with Gasteiger partial charge in [0.15, 0.2) is 0 Å². The number of anilines is 1. The summed E-state index contributed by atoms with van der Waals surface area (Å²) in [6.45, 7) is 4.19. The van der Waals surface area contributed by atoms with Crippen molar-refractivity contribution in [1.82, 2.24) is 4.90 Å². The van der Waals surface area contributed by atoms with Crippen molar-refractivity contribution in [1.29, 1.82) is 0 Å². The molecule has 4 aliphatic rings. The second-order valence-corrected chi connectivity index (χ2v) is 12.3. The van der Waals surface area contributed by atoms with Gasteiger partial charge in [-0.3, -0.25) is 14.4 Å². The zero-order valence-electron chi connectivity index (χ0n) is 22.0. The van der Waals surface area contributed by atoms with E-state index in [9.17, 15) is 19.5 Å². The molecular formula is C31H32N2O5S. The van der Waals surface area contributed by atoms with Gasteiger partial charge < -0.3 is 19.6 Å². The van der Waals surface area contributed by atoms with E-state index < -0.39 is 34.6 Å². The van der Waals surface area contributed by atoms with E-state index in [0.717, 1.165) is 22.4 Å². The lowest BCUT2D eigenvalue weighted by molar-refractivity contribution is -0.152. The Morgan fingerprint density at radius 1 is 1.08 bits per heavy atom. The number of thioether (sulfide) groups is 1. The molecule has 4 aliphatic heterocycles. The molecule has 0 aromatic heterocycles. The van der Waals surface area contributed by atoms with Crippen molar-refractivity contribution in [3.8, 4) is 0 Å². The molecule has 6 atom stereocenters. The quantitative estimate of drug-likeness (QED) is 0.460. The van der Waals surface area contributed by atoms with Gasteiger partial charge in [0.2, 0.25) is 5.91 Å². The summed E-state index contributed by atoms with van der Waals surface area (Å²) in [5, 5.41) is 10.3. The molecule has 0 saturated carbocycles. The van der Waals surface area contributed by atoms with Crippen LogP contribution in [0.25, 0.3) is 0 Å². The second kappa shape index (κ2) is 9.99. The van der Waals surface area contributed by atoms with Crippen molar-refractivity contribution in [2.75, 3.05) is 24.7 Å². The molecule has 2 fully saturated rings. The summed E-state index contributed by atoms with van der Waals surface area (Å²) in [6, 6.07) is 14.2. The predicted molar refractivity (Wildman–Crippen MR) is 150 cm³/mol. The number of hydrogen-bond acceptors (Lipinski definition) is 6. The Hall–Kier alpha value is -3.36. The van der Waals surface area contributed by atoms with Crippen LogP contribution in [-0.2, 0) is 25.5 Å². The molecular weight excluding hydrogens is 512 g/mol. The highest BCUT2D eigenvalue weighted by Gasteiger charge is 2.71. The minimum absolute atomic E-state index is 0.176. The summed E-state index contributed by atoms with van der Waals surface area (Å²) in [5.74, 6) is -2.35. The number of rotatable bonds is 5. The number of hydrogen-bond donors (Lipinski definition) is 1. The number of likely N-dealkylation sites (tertiary alicyclic amines) is 1. The van der Waals surface area contributed by atoms with E-state index in [-0.39, 0.29) is 30.3 Å². The van der Waals surface area contributed by atoms with Crippen LogP contribution in [0.4, 0.5) is 5.69 Å². The molecule has 4 heterocycles. The first-order chi connectivity index (χ1) is 18.9. The van der Waals surface area contributed by atoms with E-state index in [0.29, 0.717) is 13.0 Å². The molecule has 202 valence electrons. The van der Waals surface area contributed by atoms with Gasteiger partial charge in [0.1, 0.15) is 12.6 Å². The van der Waals surface area contributed by atoms with Gasteiger partial charge in [-0.15, -0.1) is 11.8 Å². The van der Waals surface area contributed by atoms with Gasteiger partial charge in [-0.2, -0.15) is 0 Å². The van der Waals surface area contributed by atoms with Crippen molar-refractivity contribution in [3.63, 3.8) is 0 Å². The number of amides is 2. The molecule has 0 bridgehead atoms. The molecule has 6 rings (SSSR count). The lowest BCUT2D eigenvalue weighted by Crippen LogP contribution is -2.57. The highest BCUT2D eigenvalue weighted by molar-refractivity contribution is 8.02. The van der Waals surface area contributed by atoms with Crippen LogP contribution in [0.1, 0.15) is 16.7 Å². The van der Waals surface area contributed by atoms with Gasteiger partial charge in [-0.1, -0.05) is 66.8 Å². The number of fused-ring (bicyclic) bond motifs is 2. The van der Waals surface area contributed by atoms with E-state index in [2.05, 4.69) is 0 Å². The first kappa shape index (κ1) is 25.9. The number of aliphatic hydroxyl groups excluding tert-OH is 1. The molecule has 2 amide bonds. The predicted octanol–water partition coefficient (Wildman–Crippen LogP) is 3.22. The Balaban J connectivity index is 1.49. The van der Waals surface area contributed by atoms with Crippen LogP contribution in [0.2, 0.25) is 0 Å². The van der Waals surface area contributed by atoms with Gasteiger partial charge in [0, 0.05) is 17.5 Å². The van der Waals surface area contributed by atoms with Gasteiger partial charge in [0.25, 0.3) is 5.91 Å². The average Bonchev–Trinajstić information content (AvgIpc) is 3.24. The van der Waals surface area contributed by atoms with E-state index in [4.69, 9.17) is 4.74 Å². The van der Waals surface area contributed by atoms with Gasteiger partial charge in [0.05, 0.1) is 29.2 Å². The Morgan fingerprint density at radius 2 is 1.87 bits per heavy atom. The fourth-order valence-electron chi connectivity index (χ4n) is 6.67. The van der Waals surface area contributed by atoms with E-state index in [1.165, 1.54) is 11.8 Å². The van der Waals surface area contributed by atoms with Crippen LogP contribution in [0.15, 0.2) is 72.8 Å². The topological polar surface area (TPSA) is 87.2 Å². The number of nitrogens with zero attached hydrogens (tertiary/aromatic N) is 2. The number of aryl methyl sites for hydroxylation is 2. The Morgan fingerprint density at radius 3 is 2.64 bits per heavy atom. The molecule has 2 saturated heterocycles. The third-order valence-corrected chi connectivity index (χ3v) is 10.2. The first-order valence-electron chi connectivity index (χ1n) is 13.4. The minimum atomic E-state index is -0.958. The smallest absolute Gasteiger partial charge is 0.311 e. The van der Waals surface area contributed by atoms with Crippen LogP contribution in [0, 0.1) is 25.7 Å². The molecule has 1 unspecified atom stereocenters. The lowest BCUT2D eigenvalue weighted by atomic mass is 9.78. The van der Waals surface area contributed by atoms with E-state index >= 15 is 0 Å². The third kappa shape index (κ3) is 4.12. The molecule has 7 nitrogen and oxygen atoms in total. The van der Waals surface area contributed by atoms with Gasteiger partial charge in [-0.05, 0) is 43.0 Å². The fourth-order valence-corrected chi connectivity index (χ4v) is 8.65. The highest BCUT2D eigenvalue weighted by atomic mass is 32.2. The average molecular weight is 545 g/mol. The fraction of sp³-hybridized carbons (Fsp3) is 0.387. The molecule has 0 aliphatic carbocycles. The van der Waals surface area contributed by atoms with Gasteiger partial charge >= 0.3 is 5.97 Å².